The molecule has 1 N–H and O–H groups in total. The van der Waals surface area contributed by atoms with Crippen molar-refractivity contribution < 1.29 is 4.74 Å². The Bertz CT molecular complexity index is 1040. The minimum Gasteiger partial charge on any atom is -0.439 e. The van der Waals surface area contributed by atoms with Crippen molar-refractivity contribution in [2.75, 3.05) is 38.5 Å². The summed E-state index contributed by atoms with van der Waals surface area (Å²) in [5.74, 6) is 1.62. The Kier molecular flexibility index (Phi) is 7.03. The van der Waals surface area contributed by atoms with E-state index in [4.69, 9.17) is 16.3 Å². The first-order valence-electron chi connectivity index (χ1n) is 10.3. The third-order valence-corrected chi connectivity index (χ3v) is 6.34. The maximum Gasteiger partial charge on any atom is 0.230 e. The number of benzene rings is 2. The molecule has 1 aromatic heterocycles. The summed E-state index contributed by atoms with van der Waals surface area (Å²) in [5, 5.41) is 4.81. The number of anilines is 2. The van der Waals surface area contributed by atoms with Gasteiger partial charge in [-0.25, -0.2) is 4.98 Å². The summed E-state index contributed by atoms with van der Waals surface area (Å²) in [4.78, 5) is 13.8. The molecule has 0 bridgehead atoms. The summed E-state index contributed by atoms with van der Waals surface area (Å²) < 4.78 is 5.94. The molecule has 31 heavy (non-hydrogen) atoms. The van der Waals surface area contributed by atoms with Crippen molar-refractivity contribution in [2.45, 2.75) is 13.5 Å². The van der Waals surface area contributed by atoms with E-state index in [0.717, 1.165) is 49.3 Å². The molecule has 2 aromatic carbocycles. The van der Waals surface area contributed by atoms with Crippen LogP contribution in [0.2, 0.25) is 5.02 Å². The van der Waals surface area contributed by atoms with Crippen molar-refractivity contribution in [2.24, 2.45) is 0 Å². The number of aromatic nitrogens is 2. The Morgan fingerprint density at radius 2 is 1.84 bits per heavy atom. The minimum absolute atomic E-state index is 0.487. The molecule has 1 fully saturated rings. The molecule has 6 nitrogen and oxygen atoms in total. The first-order chi connectivity index (χ1) is 15.0. The first kappa shape index (κ1) is 22.0. The number of halogens is 1. The fourth-order valence-corrected chi connectivity index (χ4v) is 3.71. The molecule has 8 heteroatoms. The smallest absolute Gasteiger partial charge is 0.230 e. The SMILES string of the molecule is Cc1cnc(Nc2ccc(CN3CCN(C)CC3)cc2)nc1Oc1ccc(P)c(Cl)c1. The lowest BCUT2D eigenvalue weighted by atomic mass is 10.2. The highest BCUT2D eigenvalue weighted by molar-refractivity contribution is 7.28. The van der Waals surface area contributed by atoms with E-state index < -0.39 is 0 Å². The number of nitrogens with zero attached hydrogens (tertiary/aromatic N) is 4. The van der Waals surface area contributed by atoms with Crippen molar-refractivity contribution in [3.63, 3.8) is 0 Å². The highest BCUT2D eigenvalue weighted by atomic mass is 35.5. The van der Waals surface area contributed by atoms with Crippen LogP contribution in [0.4, 0.5) is 11.6 Å². The molecular formula is C23H27ClN5OP. The van der Waals surface area contributed by atoms with Crippen LogP contribution in [0.3, 0.4) is 0 Å². The molecule has 0 radical (unpaired) electrons. The molecule has 1 unspecified atom stereocenters. The fourth-order valence-electron chi connectivity index (χ4n) is 3.36. The first-order valence-corrected chi connectivity index (χ1v) is 11.3. The molecule has 3 aromatic rings. The summed E-state index contributed by atoms with van der Waals surface area (Å²) in [7, 11) is 4.77. The second-order valence-corrected chi connectivity index (χ2v) is 8.90. The third-order valence-electron chi connectivity index (χ3n) is 5.32. The van der Waals surface area contributed by atoms with Gasteiger partial charge in [-0.2, -0.15) is 4.98 Å². The quantitative estimate of drug-likeness (QED) is 0.562. The molecule has 1 atom stereocenters. The number of aryl methyl sites for hydroxylation is 1. The van der Waals surface area contributed by atoms with Crippen LogP contribution < -0.4 is 15.4 Å². The van der Waals surface area contributed by atoms with Gasteiger partial charge in [0, 0.05) is 56.2 Å². The zero-order chi connectivity index (χ0) is 21.8. The van der Waals surface area contributed by atoms with Crippen LogP contribution in [0.1, 0.15) is 11.1 Å². The molecule has 0 spiro atoms. The van der Waals surface area contributed by atoms with E-state index in [-0.39, 0.29) is 0 Å². The molecule has 4 rings (SSSR count). The molecule has 0 amide bonds. The number of piperazine rings is 1. The Morgan fingerprint density at radius 3 is 2.55 bits per heavy atom. The number of hydrogen-bond acceptors (Lipinski definition) is 6. The highest BCUT2D eigenvalue weighted by Crippen LogP contribution is 2.26. The van der Waals surface area contributed by atoms with Crippen LogP contribution in [-0.4, -0.2) is 53.0 Å². The summed E-state index contributed by atoms with van der Waals surface area (Å²) in [6, 6.07) is 14.0. The maximum atomic E-state index is 6.19. The predicted octanol–water partition coefficient (Wildman–Crippen LogP) is 4.22. The normalized spacial score (nSPS) is 15.1. The van der Waals surface area contributed by atoms with Crippen LogP contribution >= 0.6 is 20.8 Å². The van der Waals surface area contributed by atoms with Gasteiger partial charge in [-0.1, -0.05) is 23.7 Å². The lowest BCUT2D eigenvalue weighted by Crippen LogP contribution is -2.43. The standard InChI is InChI=1S/C23H27ClN5OP/c1-16-14-25-23(27-22(16)30-19-7-8-21(31)20(24)13-19)26-18-5-3-17(4-6-18)15-29-11-9-28(2)10-12-29/h3-8,13-14H,9-12,15,31H2,1-2H3,(H,25,26,27). The van der Waals surface area contributed by atoms with Crippen molar-refractivity contribution in [3.05, 3.63) is 64.8 Å². The molecular weight excluding hydrogens is 429 g/mol. The van der Waals surface area contributed by atoms with Gasteiger partial charge in [-0.15, -0.1) is 9.24 Å². The minimum atomic E-state index is 0.487. The molecule has 0 aliphatic carbocycles. The van der Waals surface area contributed by atoms with Crippen LogP contribution in [0.5, 0.6) is 11.6 Å². The van der Waals surface area contributed by atoms with Crippen molar-refractivity contribution in [1.29, 1.82) is 0 Å². The van der Waals surface area contributed by atoms with Gasteiger partial charge in [0.15, 0.2) is 0 Å². The van der Waals surface area contributed by atoms with E-state index >= 15 is 0 Å². The lowest BCUT2D eigenvalue weighted by molar-refractivity contribution is 0.148. The number of hydrogen-bond donors (Lipinski definition) is 1. The highest BCUT2D eigenvalue weighted by Gasteiger charge is 2.14. The summed E-state index contributed by atoms with van der Waals surface area (Å²) in [6.07, 6.45) is 1.75. The number of ether oxygens (including phenoxy) is 1. The number of nitrogens with one attached hydrogen (secondary N) is 1. The molecule has 2 heterocycles. The fraction of sp³-hybridized carbons (Fsp3) is 0.304. The van der Waals surface area contributed by atoms with Gasteiger partial charge in [0.05, 0.1) is 5.02 Å². The third kappa shape index (κ3) is 5.92. The molecule has 1 aliphatic rings. The monoisotopic (exact) mass is 455 g/mol. The Balaban J connectivity index is 1.40. The van der Waals surface area contributed by atoms with Crippen molar-refractivity contribution in [1.82, 2.24) is 19.8 Å². The van der Waals surface area contributed by atoms with Gasteiger partial charge in [-0.05, 0) is 49.1 Å². The topological polar surface area (TPSA) is 53.5 Å². The second kappa shape index (κ2) is 9.92. The van der Waals surface area contributed by atoms with Crippen LogP contribution in [0, 0.1) is 6.92 Å². The average Bonchev–Trinajstić information content (AvgIpc) is 2.76. The summed E-state index contributed by atoms with van der Waals surface area (Å²) in [6.45, 7) is 7.37. The van der Waals surface area contributed by atoms with E-state index in [1.807, 2.05) is 19.1 Å². The zero-order valence-corrected chi connectivity index (χ0v) is 19.7. The van der Waals surface area contributed by atoms with Gasteiger partial charge in [-0.3, -0.25) is 4.90 Å². The van der Waals surface area contributed by atoms with Gasteiger partial charge in [0.25, 0.3) is 0 Å². The van der Waals surface area contributed by atoms with E-state index in [9.17, 15) is 0 Å². The summed E-state index contributed by atoms with van der Waals surface area (Å²) in [5.41, 5.74) is 3.09. The van der Waals surface area contributed by atoms with E-state index in [1.54, 1.807) is 12.3 Å². The van der Waals surface area contributed by atoms with E-state index in [1.165, 1.54) is 5.56 Å². The van der Waals surface area contributed by atoms with Crippen molar-refractivity contribution in [3.8, 4) is 11.6 Å². The molecule has 162 valence electrons. The van der Waals surface area contributed by atoms with Crippen molar-refractivity contribution >= 4 is 37.8 Å². The van der Waals surface area contributed by atoms with Gasteiger partial charge in [0.2, 0.25) is 11.8 Å². The van der Waals surface area contributed by atoms with Crippen LogP contribution in [0.15, 0.2) is 48.7 Å². The van der Waals surface area contributed by atoms with Crippen LogP contribution in [-0.2, 0) is 6.54 Å². The van der Waals surface area contributed by atoms with E-state index in [2.05, 4.69) is 65.6 Å². The Labute approximate surface area is 190 Å². The summed E-state index contributed by atoms with van der Waals surface area (Å²) >= 11 is 6.19. The molecule has 1 saturated heterocycles. The van der Waals surface area contributed by atoms with Gasteiger partial charge in [0.1, 0.15) is 5.75 Å². The Morgan fingerprint density at radius 1 is 1.10 bits per heavy atom. The zero-order valence-electron chi connectivity index (χ0n) is 17.8. The second-order valence-electron chi connectivity index (χ2n) is 7.87. The van der Waals surface area contributed by atoms with Gasteiger partial charge >= 0.3 is 0 Å². The average molecular weight is 456 g/mol. The predicted molar refractivity (Wildman–Crippen MR) is 130 cm³/mol. The molecule has 1 aliphatic heterocycles. The maximum absolute atomic E-state index is 6.19. The van der Waals surface area contributed by atoms with Gasteiger partial charge < -0.3 is 15.0 Å². The van der Waals surface area contributed by atoms with E-state index in [0.29, 0.717) is 22.6 Å². The molecule has 0 saturated carbocycles. The lowest BCUT2D eigenvalue weighted by Gasteiger charge is -2.32. The number of rotatable bonds is 6. The Hall–Kier alpha value is -2.24. The number of likely N-dealkylation sites (N-methyl/N-ethyl adjacent to an activating group) is 1. The largest absolute Gasteiger partial charge is 0.439 e. The van der Waals surface area contributed by atoms with Crippen LogP contribution in [0.25, 0.3) is 0 Å².